The zero-order chi connectivity index (χ0) is 16.0. The number of carbonyl (C=O) groups is 3. The van der Waals surface area contributed by atoms with Crippen LogP contribution in [0.3, 0.4) is 0 Å². The van der Waals surface area contributed by atoms with Gasteiger partial charge in [0.15, 0.2) is 6.61 Å². The van der Waals surface area contributed by atoms with E-state index in [0.29, 0.717) is 10.8 Å². The average molecular weight is 315 g/mol. The van der Waals surface area contributed by atoms with E-state index in [1.807, 2.05) is 0 Å². The van der Waals surface area contributed by atoms with Gasteiger partial charge < -0.3 is 20.9 Å². The molecule has 1 aromatic carbocycles. The van der Waals surface area contributed by atoms with Crippen LogP contribution in [0.5, 0.6) is 5.75 Å². The molecule has 0 fully saturated rings. The molecule has 0 heterocycles. The predicted molar refractivity (Wildman–Crippen MR) is 75.1 cm³/mol. The number of aryl methyl sites for hydroxylation is 1. The Kier molecular flexibility index (Phi) is 5.98. The molecule has 1 unspecified atom stereocenters. The van der Waals surface area contributed by atoms with Crippen LogP contribution in [-0.4, -0.2) is 35.5 Å². The Morgan fingerprint density at radius 2 is 2.10 bits per heavy atom. The number of nitrogens with one attached hydrogen (secondary N) is 1. The Bertz CT molecular complexity index is 561. The molecule has 0 aliphatic carbocycles. The molecule has 2 amide bonds. The highest BCUT2D eigenvalue weighted by atomic mass is 35.5. The first-order chi connectivity index (χ1) is 9.79. The first-order valence-corrected chi connectivity index (χ1v) is 6.37. The molecule has 0 aromatic heterocycles. The van der Waals surface area contributed by atoms with Crippen molar-refractivity contribution < 1.29 is 24.2 Å². The summed E-state index contributed by atoms with van der Waals surface area (Å²) >= 11 is 5.79. The van der Waals surface area contributed by atoms with E-state index in [1.165, 1.54) is 0 Å². The van der Waals surface area contributed by atoms with Crippen LogP contribution in [0.15, 0.2) is 18.2 Å². The van der Waals surface area contributed by atoms with Crippen molar-refractivity contribution in [3.63, 3.8) is 0 Å². The molecule has 1 aromatic rings. The fraction of sp³-hybridized carbons (Fsp3) is 0.308. The van der Waals surface area contributed by atoms with Gasteiger partial charge >= 0.3 is 5.97 Å². The van der Waals surface area contributed by atoms with Crippen molar-refractivity contribution in [2.24, 2.45) is 5.73 Å². The van der Waals surface area contributed by atoms with Crippen LogP contribution in [-0.2, 0) is 14.4 Å². The van der Waals surface area contributed by atoms with Crippen LogP contribution in [0.2, 0.25) is 5.02 Å². The van der Waals surface area contributed by atoms with E-state index in [0.717, 1.165) is 5.56 Å². The summed E-state index contributed by atoms with van der Waals surface area (Å²) in [5, 5.41) is 11.6. The maximum atomic E-state index is 11.6. The lowest BCUT2D eigenvalue weighted by Crippen LogP contribution is -2.45. The summed E-state index contributed by atoms with van der Waals surface area (Å²) in [6.07, 6.45) is -0.485. The lowest BCUT2D eigenvalue weighted by Gasteiger charge is -2.14. The average Bonchev–Trinajstić information content (AvgIpc) is 2.36. The summed E-state index contributed by atoms with van der Waals surface area (Å²) in [6, 6.07) is 3.50. The Hall–Kier alpha value is -2.28. The van der Waals surface area contributed by atoms with Gasteiger partial charge in [-0.15, -0.1) is 0 Å². The molecule has 21 heavy (non-hydrogen) atoms. The highest BCUT2D eigenvalue weighted by molar-refractivity contribution is 6.30. The van der Waals surface area contributed by atoms with Gasteiger partial charge in [-0.2, -0.15) is 0 Å². The molecule has 0 bridgehead atoms. The van der Waals surface area contributed by atoms with Gasteiger partial charge in [-0.05, 0) is 30.7 Å². The summed E-state index contributed by atoms with van der Waals surface area (Å²) < 4.78 is 5.26. The number of halogens is 1. The monoisotopic (exact) mass is 314 g/mol. The molecule has 4 N–H and O–H groups in total. The largest absolute Gasteiger partial charge is 0.484 e. The van der Waals surface area contributed by atoms with Gasteiger partial charge in [0.25, 0.3) is 5.91 Å². The molecule has 114 valence electrons. The second-order valence-electron chi connectivity index (χ2n) is 4.33. The minimum atomic E-state index is -1.37. The maximum Gasteiger partial charge on any atom is 0.326 e. The summed E-state index contributed by atoms with van der Waals surface area (Å²) in [4.78, 5) is 33.2. The van der Waals surface area contributed by atoms with Crippen LogP contribution in [0.1, 0.15) is 12.0 Å². The van der Waals surface area contributed by atoms with Crippen LogP contribution in [0.4, 0.5) is 0 Å². The van der Waals surface area contributed by atoms with Crippen LogP contribution in [0.25, 0.3) is 0 Å². The number of hydrogen-bond donors (Lipinski definition) is 3. The number of carboxylic acids is 1. The zero-order valence-electron chi connectivity index (χ0n) is 11.3. The summed E-state index contributed by atoms with van der Waals surface area (Å²) in [6.45, 7) is 1.37. The molecular weight excluding hydrogens is 300 g/mol. The molecule has 7 nitrogen and oxygen atoms in total. The normalized spacial score (nSPS) is 11.5. The number of carbonyl (C=O) groups excluding carboxylic acids is 2. The van der Waals surface area contributed by atoms with E-state index in [-0.39, 0.29) is 6.61 Å². The Morgan fingerprint density at radius 3 is 2.62 bits per heavy atom. The first kappa shape index (κ1) is 16.8. The second kappa shape index (κ2) is 7.49. The SMILES string of the molecule is Cc1cc(Cl)ccc1OCC(=O)NC(CC(N)=O)C(=O)O. The number of amides is 2. The number of carboxylic acid groups (broad SMARTS) is 1. The van der Waals surface area contributed by atoms with E-state index in [4.69, 9.17) is 27.2 Å². The molecule has 8 heteroatoms. The lowest BCUT2D eigenvalue weighted by atomic mass is 10.2. The van der Waals surface area contributed by atoms with Crippen molar-refractivity contribution in [1.29, 1.82) is 0 Å². The van der Waals surface area contributed by atoms with E-state index in [2.05, 4.69) is 5.32 Å². The molecule has 0 aliphatic heterocycles. The van der Waals surface area contributed by atoms with Crippen molar-refractivity contribution in [3.8, 4) is 5.75 Å². The lowest BCUT2D eigenvalue weighted by molar-refractivity contribution is -0.143. The fourth-order valence-corrected chi connectivity index (χ4v) is 1.78. The Morgan fingerprint density at radius 1 is 1.43 bits per heavy atom. The van der Waals surface area contributed by atoms with Crippen LogP contribution in [0, 0.1) is 6.92 Å². The number of rotatable bonds is 7. The summed E-state index contributed by atoms with van der Waals surface area (Å²) in [5.74, 6) is -2.38. The zero-order valence-corrected chi connectivity index (χ0v) is 12.0. The van der Waals surface area contributed by atoms with Gasteiger partial charge in [-0.25, -0.2) is 4.79 Å². The minimum Gasteiger partial charge on any atom is -0.484 e. The molecule has 1 rings (SSSR count). The molecule has 0 aliphatic rings. The Labute approximate surface area is 126 Å². The van der Waals surface area contributed by atoms with Crippen molar-refractivity contribution in [2.75, 3.05) is 6.61 Å². The summed E-state index contributed by atoms with van der Waals surface area (Å²) in [5.41, 5.74) is 5.65. The maximum absolute atomic E-state index is 11.6. The standard InChI is InChI=1S/C13H15ClN2O5/c1-7-4-8(14)2-3-10(7)21-6-12(18)16-9(13(19)20)5-11(15)17/h2-4,9H,5-6H2,1H3,(H2,15,17)(H,16,18)(H,19,20). The van der Waals surface area contributed by atoms with Gasteiger partial charge in [-0.1, -0.05) is 11.6 Å². The van der Waals surface area contributed by atoms with Gasteiger partial charge in [0.05, 0.1) is 6.42 Å². The topological polar surface area (TPSA) is 119 Å². The van der Waals surface area contributed by atoms with Gasteiger partial charge in [-0.3, -0.25) is 9.59 Å². The van der Waals surface area contributed by atoms with E-state index < -0.39 is 30.2 Å². The van der Waals surface area contributed by atoms with E-state index in [9.17, 15) is 14.4 Å². The number of primary amides is 1. The number of benzene rings is 1. The van der Waals surface area contributed by atoms with Gasteiger partial charge in [0.2, 0.25) is 5.91 Å². The fourth-order valence-electron chi connectivity index (χ4n) is 1.56. The third-order valence-electron chi connectivity index (χ3n) is 2.53. The van der Waals surface area contributed by atoms with E-state index in [1.54, 1.807) is 25.1 Å². The number of aliphatic carboxylic acids is 1. The summed E-state index contributed by atoms with van der Waals surface area (Å²) in [7, 11) is 0. The smallest absolute Gasteiger partial charge is 0.326 e. The third-order valence-corrected chi connectivity index (χ3v) is 2.77. The quantitative estimate of drug-likeness (QED) is 0.676. The number of ether oxygens (including phenoxy) is 1. The van der Waals surface area contributed by atoms with Gasteiger partial charge in [0, 0.05) is 5.02 Å². The van der Waals surface area contributed by atoms with Crippen molar-refractivity contribution >= 4 is 29.4 Å². The molecule has 0 saturated carbocycles. The molecule has 1 atom stereocenters. The molecule has 0 saturated heterocycles. The first-order valence-electron chi connectivity index (χ1n) is 5.99. The Balaban J connectivity index is 2.56. The highest BCUT2D eigenvalue weighted by Gasteiger charge is 2.22. The van der Waals surface area contributed by atoms with Crippen molar-refractivity contribution in [2.45, 2.75) is 19.4 Å². The molecule has 0 radical (unpaired) electrons. The van der Waals surface area contributed by atoms with Crippen molar-refractivity contribution in [1.82, 2.24) is 5.32 Å². The van der Waals surface area contributed by atoms with Crippen LogP contribution < -0.4 is 15.8 Å². The van der Waals surface area contributed by atoms with Gasteiger partial charge in [0.1, 0.15) is 11.8 Å². The third kappa shape index (κ3) is 5.70. The minimum absolute atomic E-state index is 0.384. The predicted octanol–water partition coefficient (Wildman–Crippen LogP) is 0.472. The second-order valence-corrected chi connectivity index (χ2v) is 4.76. The number of nitrogens with two attached hydrogens (primary N) is 1. The molecule has 0 spiro atoms. The number of hydrogen-bond acceptors (Lipinski definition) is 4. The highest BCUT2D eigenvalue weighted by Crippen LogP contribution is 2.21. The van der Waals surface area contributed by atoms with Crippen molar-refractivity contribution in [3.05, 3.63) is 28.8 Å². The van der Waals surface area contributed by atoms with Crippen LogP contribution >= 0.6 is 11.6 Å². The van der Waals surface area contributed by atoms with E-state index >= 15 is 0 Å². The molecular formula is C13H15ClN2O5.